The highest BCUT2D eigenvalue weighted by molar-refractivity contribution is 5.82. The molecule has 0 saturated carbocycles. The van der Waals surface area contributed by atoms with Gasteiger partial charge in [-0.25, -0.2) is 4.79 Å². The third-order valence-electron chi connectivity index (χ3n) is 1.36. The number of ether oxygens (including phenoxy) is 2. The molecule has 0 amide bonds. The molecule has 0 aromatic rings. The average Bonchev–Trinajstić information content (AvgIpc) is 2.12. The van der Waals surface area contributed by atoms with Crippen molar-refractivity contribution < 1.29 is 19.1 Å². The summed E-state index contributed by atoms with van der Waals surface area (Å²) in [4.78, 5) is 21.4. The van der Waals surface area contributed by atoms with Crippen molar-refractivity contribution >= 4 is 11.9 Å². The van der Waals surface area contributed by atoms with E-state index in [-0.39, 0.29) is 18.0 Å². The van der Waals surface area contributed by atoms with Crippen LogP contribution >= 0.6 is 0 Å². The monoisotopic (exact) mass is 212 g/mol. The van der Waals surface area contributed by atoms with E-state index in [9.17, 15) is 9.59 Å². The van der Waals surface area contributed by atoms with E-state index in [1.54, 1.807) is 26.0 Å². The maximum Gasteiger partial charge on any atom is 0.330 e. The van der Waals surface area contributed by atoms with Gasteiger partial charge in [-0.1, -0.05) is 12.2 Å². The molecule has 0 aliphatic heterocycles. The van der Waals surface area contributed by atoms with Crippen LogP contribution in [-0.4, -0.2) is 24.6 Å². The van der Waals surface area contributed by atoms with Crippen molar-refractivity contribution in [1.82, 2.24) is 0 Å². The van der Waals surface area contributed by atoms with Crippen LogP contribution < -0.4 is 0 Å². The van der Waals surface area contributed by atoms with Crippen molar-refractivity contribution in [2.45, 2.75) is 26.9 Å². The number of esters is 2. The molecule has 15 heavy (non-hydrogen) atoms. The zero-order valence-electron chi connectivity index (χ0n) is 9.23. The third-order valence-corrected chi connectivity index (χ3v) is 1.36. The lowest BCUT2D eigenvalue weighted by Gasteiger charge is -2.04. The number of carbonyl (C=O) groups excluding carboxylic acids is 2. The zero-order valence-corrected chi connectivity index (χ0v) is 9.23. The van der Waals surface area contributed by atoms with E-state index < -0.39 is 0 Å². The Balaban J connectivity index is 3.87. The fraction of sp³-hybridized carbons (Fsp3) is 0.455. The topological polar surface area (TPSA) is 52.6 Å². The number of hydrogen-bond acceptors (Lipinski definition) is 4. The third kappa shape index (κ3) is 8.74. The highest BCUT2D eigenvalue weighted by atomic mass is 16.5. The van der Waals surface area contributed by atoms with Gasteiger partial charge in [0.05, 0.1) is 6.61 Å². The lowest BCUT2D eigenvalue weighted by atomic mass is 10.3. The molecule has 0 spiro atoms. The molecule has 4 nitrogen and oxygen atoms in total. The molecule has 0 aliphatic carbocycles. The van der Waals surface area contributed by atoms with E-state index in [0.717, 1.165) is 0 Å². The SMILES string of the molecule is CCOC(=O)/C=C/C=C/C(C)OC(C)=O. The second-order valence-corrected chi connectivity index (χ2v) is 2.81. The van der Waals surface area contributed by atoms with E-state index >= 15 is 0 Å². The normalized spacial score (nSPS) is 13.0. The Labute approximate surface area is 89.6 Å². The fourth-order valence-electron chi connectivity index (χ4n) is 0.846. The average molecular weight is 212 g/mol. The molecule has 0 saturated heterocycles. The van der Waals surface area contributed by atoms with Gasteiger partial charge < -0.3 is 9.47 Å². The molecule has 0 aromatic carbocycles. The summed E-state index contributed by atoms with van der Waals surface area (Å²) in [7, 11) is 0. The van der Waals surface area contributed by atoms with Gasteiger partial charge in [-0.05, 0) is 19.9 Å². The van der Waals surface area contributed by atoms with Crippen molar-refractivity contribution in [3.05, 3.63) is 24.3 Å². The summed E-state index contributed by atoms with van der Waals surface area (Å²) in [5.74, 6) is -0.719. The van der Waals surface area contributed by atoms with Crippen molar-refractivity contribution in [2.24, 2.45) is 0 Å². The largest absolute Gasteiger partial charge is 0.463 e. The molecular formula is C11H16O4. The Morgan fingerprint density at radius 2 is 2.00 bits per heavy atom. The maximum atomic E-state index is 10.8. The van der Waals surface area contributed by atoms with Crippen LogP contribution in [-0.2, 0) is 19.1 Å². The first kappa shape index (κ1) is 13.4. The first-order valence-corrected chi connectivity index (χ1v) is 4.75. The smallest absolute Gasteiger partial charge is 0.330 e. The molecule has 0 rings (SSSR count). The Morgan fingerprint density at radius 1 is 1.33 bits per heavy atom. The number of carbonyl (C=O) groups is 2. The summed E-state index contributed by atoms with van der Waals surface area (Å²) in [6.45, 7) is 5.18. The van der Waals surface area contributed by atoms with Gasteiger partial charge in [0.25, 0.3) is 0 Å². The summed E-state index contributed by atoms with van der Waals surface area (Å²) in [5, 5.41) is 0. The van der Waals surface area contributed by atoms with Gasteiger partial charge in [0, 0.05) is 13.0 Å². The van der Waals surface area contributed by atoms with E-state index in [1.807, 2.05) is 0 Å². The molecular weight excluding hydrogens is 196 g/mol. The van der Waals surface area contributed by atoms with Crippen LogP contribution in [0.1, 0.15) is 20.8 Å². The first-order valence-electron chi connectivity index (χ1n) is 4.75. The van der Waals surface area contributed by atoms with E-state index in [4.69, 9.17) is 4.74 Å². The van der Waals surface area contributed by atoms with Gasteiger partial charge in [0.15, 0.2) is 0 Å². The van der Waals surface area contributed by atoms with Crippen molar-refractivity contribution in [2.75, 3.05) is 6.61 Å². The quantitative estimate of drug-likeness (QED) is 0.394. The van der Waals surface area contributed by atoms with Crippen LogP contribution in [0.4, 0.5) is 0 Å². The Kier molecular flexibility index (Phi) is 6.97. The molecule has 84 valence electrons. The van der Waals surface area contributed by atoms with Gasteiger partial charge in [-0.2, -0.15) is 0 Å². The van der Waals surface area contributed by atoms with E-state index in [0.29, 0.717) is 6.61 Å². The lowest BCUT2D eigenvalue weighted by Crippen LogP contribution is -2.08. The van der Waals surface area contributed by atoms with Crippen molar-refractivity contribution in [3.8, 4) is 0 Å². The van der Waals surface area contributed by atoms with Crippen LogP contribution in [0.5, 0.6) is 0 Å². The highest BCUT2D eigenvalue weighted by Gasteiger charge is 1.98. The number of hydrogen-bond donors (Lipinski definition) is 0. The second-order valence-electron chi connectivity index (χ2n) is 2.81. The second kappa shape index (κ2) is 7.79. The molecule has 4 heteroatoms. The molecule has 0 aliphatic rings. The standard InChI is InChI=1S/C11H16O4/c1-4-14-11(13)8-6-5-7-9(2)15-10(3)12/h5-9H,4H2,1-3H3/b7-5+,8-6+. The van der Waals surface area contributed by atoms with Gasteiger partial charge in [0.2, 0.25) is 0 Å². The van der Waals surface area contributed by atoms with Gasteiger partial charge in [-0.3, -0.25) is 4.79 Å². The van der Waals surface area contributed by atoms with E-state index in [1.165, 1.54) is 19.1 Å². The molecule has 0 aromatic heterocycles. The summed E-state index contributed by atoms with van der Waals surface area (Å²) >= 11 is 0. The minimum Gasteiger partial charge on any atom is -0.463 e. The fourth-order valence-corrected chi connectivity index (χ4v) is 0.846. The Bertz CT molecular complexity index is 266. The lowest BCUT2D eigenvalue weighted by molar-refractivity contribution is -0.143. The highest BCUT2D eigenvalue weighted by Crippen LogP contribution is 1.94. The molecule has 0 heterocycles. The Morgan fingerprint density at radius 3 is 2.53 bits per heavy atom. The van der Waals surface area contributed by atoms with Crippen molar-refractivity contribution in [1.29, 1.82) is 0 Å². The predicted molar refractivity (Wildman–Crippen MR) is 56.1 cm³/mol. The van der Waals surface area contributed by atoms with Crippen LogP contribution in [0.3, 0.4) is 0 Å². The van der Waals surface area contributed by atoms with Crippen molar-refractivity contribution in [3.63, 3.8) is 0 Å². The molecule has 0 fully saturated rings. The molecule has 0 N–H and O–H groups in total. The van der Waals surface area contributed by atoms with Crippen LogP contribution in [0, 0.1) is 0 Å². The van der Waals surface area contributed by atoms with Gasteiger partial charge in [-0.15, -0.1) is 0 Å². The zero-order chi connectivity index (χ0) is 11.7. The van der Waals surface area contributed by atoms with Gasteiger partial charge in [0.1, 0.15) is 6.10 Å². The van der Waals surface area contributed by atoms with Crippen LogP contribution in [0.25, 0.3) is 0 Å². The maximum absolute atomic E-state index is 10.8. The minimum absolute atomic E-state index is 0.297. The minimum atomic E-state index is -0.387. The van der Waals surface area contributed by atoms with Crippen LogP contribution in [0.2, 0.25) is 0 Å². The predicted octanol–water partition coefficient (Wildman–Crippen LogP) is 1.61. The number of allylic oxidation sites excluding steroid dienone is 2. The molecule has 0 bridgehead atoms. The number of rotatable bonds is 5. The summed E-state index contributed by atoms with van der Waals surface area (Å²) in [5.41, 5.74) is 0. The van der Waals surface area contributed by atoms with Crippen LogP contribution in [0.15, 0.2) is 24.3 Å². The van der Waals surface area contributed by atoms with E-state index in [2.05, 4.69) is 4.74 Å². The Hall–Kier alpha value is -1.58. The molecule has 1 atom stereocenters. The van der Waals surface area contributed by atoms with Gasteiger partial charge >= 0.3 is 11.9 Å². The summed E-state index contributed by atoms with van der Waals surface area (Å²) in [6.07, 6.45) is 5.84. The summed E-state index contributed by atoms with van der Waals surface area (Å²) in [6, 6.07) is 0. The first-order chi connectivity index (χ1) is 7.06. The molecule has 0 radical (unpaired) electrons. The molecule has 1 unspecified atom stereocenters. The summed E-state index contributed by atoms with van der Waals surface area (Å²) < 4.78 is 9.50.